The van der Waals surface area contributed by atoms with Crippen molar-refractivity contribution in [2.45, 2.75) is 18.1 Å². The van der Waals surface area contributed by atoms with E-state index >= 15 is 0 Å². The van der Waals surface area contributed by atoms with E-state index < -0.39 is 0 Å². The van der Waals surface area contributed by atoms with Gasteiger partial charge in [0, 0.05) is 3.57 Å². The van der Waals surface area contributed by atoms with Crippen LogP contribution in [0.2, 0.25) is 0 Å². The Morgan fingerprint density at radius 1 is 1.05 bits per heavy atom. The number of halogens is 1. The lowest BCUT2D eigenvalue weighted by Gasteiger charge is -2.17. The molecule has 1 saturated heterocycles. The number of hydrogen-bond donors (Lipinski definition) is 2. The van der Waals surface area contributed by atoms with E-state index in [1.807, 2.05) is 55.6 Å². The first kappa shape index (κ1) is 14.7. The molecule has 3 atom stereocenters. The summed E-state index contributed by atoms with van der Waals surface area (Å²) in [6.07, 6.45) is -0.0408. The second-order valence-corrected chi connectivity index (χ2v) is 6.46. The summed E-state index contributed by atoms with van der Waals surface area (Å²) in [5.41, 5.74) is 2.09. The molecule has 1 fully saturated rings. The average Bonchev–Trinajstić information content (AvgIpc) is 2.85. The minimum absolute atomic E-state index is 0.0408. The van der Waals surface area contributed by atoms with Crippen LogP contribution in [0.1, 0.15) is 23.1 Å². The van der Waals surface area contributed by atoms with Crippen LogP contribution in [0.4, 0.5) is 0 Å². The van der Waals surface area contributed by atoms with Gasteiger partial charge in [0.2, 0.25) is 0 Å². The Balaban J connectivity index is 1.96. The molecule has 0 radical (unpaired) electrons. The Morgan fingerprint density at radius 3 is 2.43 bits per heavy atom. The van der Waals surface area contributed by atoms with Gasteiger partial charge in [-0.3, -0.25) is 10.1 Å². The normalized spacial score (nSPS) is 25.2. The lowest BCUT2D eigenvalue weighted by molar-refractivity contribution is -0.120. The Morgan fingerprint density at radius 2 is 1.76 bits per heavy atom. The van der Waals surface area contributed by atoms with Gasteiger partial charge in [-0.2, -0.15) is 0 Å². The number of Topliss-reactive ketones (excluding diaryl/α,β-unsaturated/α-hetero) is 1. The minimum atomic E-state index is -0.244. The zero-order valence-electron chi connectivity index (χ0n) is 11.7. The first-order valence-electron chi connectivity index (χ1n) is 6.98. The molecule has 2 aromatic carbocycles. The number of benzene rings is 2. The smallest absolute Gasteiger partial charge is 0.164 e. The van der Waals surface area contributed by atoms with Crippen LogP contribution in [0, 0.1) is 3.57 Å². The molecule has 21 heavy (non-hydrogen) atoms. The number of carbonyl (C=O) groups excluding carboxylic acids is 1. The molecule has 1 heterocycles. The van der Waals surface area contributed by atoms with Crippen LogP contribution >= 0.6 is 22.6 Å². The Bertz CT molecular complexity index is 644. The Hall–Kier alpha value is -1.24. The van der Waals surface area contributed by atoms with Crippen molar-refractivity contribution >= 4 is 28.4 Å². The molecule has 0 bridgehead atoms. The molecule has 0 saturated carbocycles. The topological polar surface area (TPSA) is 41.1 Å². The number of rotatable bonds is 3. The van der Waals surface area contributed by atoms with E-state index in [0.717, 1.165) is 14.7 Å². The van der Waals surface area contributed by atoms with Crippen molar-refractivity contribution in [1.29, 1.82) is 0 Å². The second kappa shape index (κ2) is 6.25. The van der Waals surface area contributed by atoms with Gasteiger partial charge in [0.1, 0.15) is 0 Å². The molecule has 3 unspecified atom stereocenters. The van der Waals surface area contributed by atoms with Crippen molar-refractivity contribution in [2.24, 2.45) is 0 Å². The summed E-state index contributed by atoms with van der Waals surface area (Å²) < 4.78 is 1.15. The third-order valence-electron chi connectivity index (χ3n) is 3.92. The van der Waals surface area contributed by atoms with E-state index in [0.29, 0.717) is 0 Å². The quantitative estimate of drug-likeness (QED) is 0.790. The van der Waals surface area contributed by atoms with Gasteiger partial charge >= 0.3 is 0 Å². The fraction of sp³-hybridized carbons (Fsp3) is 0.235. The lowest BCUT2D eigenvalue weighted by atomic mass is 9.91. The SMILES string of the molecule is CNC1NC(c2ccccc2)C(=O)C1c1cccc(I)c1. The second-order valence-electron chi connectivity index (χ2n) is 5.21. The van der Waals surface area contributed by atoms with E-state index in [-0.39, 0.29) is 23.9 Å². The highest BCUT2D eigenvalue weighted by Gasteiger charge is 2.42. The van der Waals surface area contributed by atoms with Gasteiger partial charge in [-0.05, 0) is 52.9 Å². The highest BCUT2D eigenvalue weighted by molar-refractivity contribution is 14.1. The Labute approximate surface area is 138 Å². The molecule has 3 nitrogen and oxygen atoms in total. The molecule has 0 aliphatic carbocycles. The van der Waals surface area contributed by atoms with Crippen molar-refractivity contribution in [3.05, 3.63) is 69.3 Å². The summed E-state index contributed by atoms with van der Waals surface area (Å²) in [6, 6.07) is 17.8. The fourth-order valence-electron chi connectivity index (χ4n) is 2.91. The first-order valence-corrected chi connectivity index (χ1v) is 8.06. The zero-order valence-corrected chi connectivity index (χ0v) is 13.9. The highest BCUT2D eigenvalue weighted by Crippen LogP contribution is 2.34. The standard InChI is InChI=1S/C17H17IN2O/c1-19-17-14(12-8-5-9-13(18)10-12)16(21)15(20-17)11-6-3-2-4-7-11/h2-10,14-15,17,19-20H,1H3. The number of nitrogens with one attached hydrogen (secondary N) is 2. The molecule has 0 spiro atoms. The van der Waals surface area contributed by atoms with Crippen molar-refractivity contribution in [3.63, 3.8) is 0 Å². The van der Waals surface area contributed by atoms with Gasteiger partial charge in [0.15, 0.2) is 5.78 Å². The average molecular weight is 392 g/mol. The monoisotopic (exact) mass is 392 g/mol. The molecule has 2 aromatic rings. The maximum Gasteiger partial charge on any atom is 0.164 e. The van der Waals surface area contributed by atoms with E-state index in [9.17, 15) is 4.79 Å². The molecule has 1 aliphatic heterocycles. The predicted octanol–water partition coefficient (Wildman–Crippen LogP) is 2.83. The van der Waals surface area contributed by atoms with Gasteiger partial charge in [-0.1, -0.05) is 42.5 Å². The van der Waals surface area contributed by atoms with Crippen LogP contribution in [0.25, 0.3) is 0 Å². The summed E-state index contributed by atoms with van der Waals surface area (Å²) in [7, 11) is 1.89. The number of hydrogen-bond acceptors (Lipinski definition) is 3. The lowest BCUT2D eigenvalue weighted by Crippen LogP contribution is -2.39. The van der Waals surface area contributed by atoms with Crippen LogP contribution in [0.15, 0.2) is 54.6 Å². The van der Waals surface area contributed by atoms with E-state index in [1.165, 1.54) is 0 Å². The maximum absolute atomic E-state index is 12.9. The third-order valence-corrected chi connectivity index (χ3v) is 4.59. The molecule has 0 amide bonds. The molecule has 1 aliphatic rings. The number of likely N-dealkylation sites (N-methyl/N-ethyl adjacent to an activating group) is 1. The van der Waals surface area contributed by atoms with Gasteiger partial charge in [0.25, 0.3) is 0 Å². The van der Waals surface area contributed by atoms with Gasteiger partial charge in [-0.15, -0.1) is 0 Å². The summed E-state index contributed by atoms with van der Waals surface area (Å²) in [5, 5.41) is 6.64. The molecule has 108 valence electrons. The van der Waals surface area contributed by atoms with Crippen LogP contribution in [0.5, 0.6) is 0 Å². The fourth-order valence-corrected chi connectivity index (χ4v) is 3.48. The summed E-state index contributed by atoms with van der Waals surface area (Å²) >= 11 is 2.28. The maximum atomic E-state index is 12.9. The summed E-state index contributed by atoms with van der Waals surface area (Å²) in [4.78, 5) is 12.9. The minimum Gasteiger partial charge on any atom is -0.304 e. The van der Waals surface area contributed by atoms with Gasteiger partial charge < -0.3 is 5.32 Å². The van der Waals surface area contributed by atoms with Crippen molar-refractivity contribution < 1.29 is 4.79 Å². The van der Waals surface area contributed by atoms with E-state index in [1.54, 1.807) is 0 Å². The van der Waals surface area contributed by atoms with Crippen LogP contribution in [0.3, 0.4) is 0 Å². The molecule has 0 aromatic heterocycles. The summed E-state index contributed by atoms with van der Waals surface area (Å²) in [5.74, 6) is 0.0671. The first-order chi connectivity index (χ1) is 10.2. The van der Waals surface area contributed by atoms with Gasteiger partial charge in [-0.25, -0.2) is 0 Å². The largest absolute Gasteiger partial charge is 0.304 e. The van der Waals surface area contributed by atoms with Crippen LogP contribution < -0.4 is 10.6 Å². The molecular weight excluding hydrogens is 375 g/mol. The third kappa shape index (κ3) is 2.88. The van der Waals surface area contributed by atoms with Gasteiger partial charge in [0.05, 0.1) is 18.1 Å². The van der Waals surface area contributed by atoms with Crippen LogP contribution in [-0.2, 0) is 4.79 Å². The predicted molar refractivity (Wildman–Crippen MR) is 92.1 cm³/mol. The molecule has 2 N–H and O–H groups in total. The summed E-state index contributed by atoms with van der Waals surface area (Å²) in [6.45, 7) is 0. The van der Waals surface area contributed by atoms with Crippen molar-refractivity contribution in [1.82, 2.24) is 10.6 Å². The highest BCUT2D eigenvalue weighted by atomic mass is 127. The molecule has 3 rings (SSSR count). The van der Waals surface area contributed by atoms with Crippen molar-refractivity contribution in [2.75, 3.05) is 7.05 Å². The van der Waals surface area contributed by atoms with E-state index in [4.69, 9.17) is 0 Å². The Kier molecular flexibility index (Phi) is 4.37. The number of carbonyl (C=O) groups is 1. The molecule has 4 heteroatoms. The zero-order chi connectivity index (χ0) is 14.8. The number of ketones is 1. The van der Waals surface area contributed by atoms with E-state index in [2.05, 4.69) is 39.3 Å². The van der Waals surface area contributed by atoms with Crippen LogP contribution in [-0.4, -0.2) is 19.0 Å². The molecular formula is C17H17IN2O. The van der Waals surface area contributed by atoms with Crippen molar-refractivity contribution in [3.8, 4) is 0 Å².